The number of thiazole rings is 1. The van der Waals surface area contributed by atoms with Crippen LogP contribution in [0.5, 0.6) is 0 Å². The number of aromatic nitrogens is 4. The maximum atomic E-state index is 12.6. The van der Waals surface area contributed by atoms with Gasteiger partial charge in [0.1, 0.15) is 9.88 Å². The third-order valence-corrected chi connectivity index (χ3v) is 5.61. The first-order valence-electron chi connectivity index (χ1n) is 7.93. The van der Waals surface area contributed by atoms with E-state index in [2.05, 4.69) is 20.4 Å². The fourth-order valence-electron chi connectivity index (χ4n) is 2.48. The molecule has 0 radical (unpaired) electrons. The zero-order chi connectivity index (χ0) is 17.9. The number of anilines is 1. The van der Waals surface area contributed by atoms with Gasteiger partial charge in [0.2, 0.25) is 0 Å². The second-order valence-corrected chi connectivity index (χ2v) is 7.44. The zero-order valence-electron chi connectivity index (χ0n) is 13.9. The van der Waals surface area contributed by atoms with Crippen molar-refractivity contribution in [2.45, 2.75) is 13.5 Å². The van der Waals surface area contributed by atoms with Gasteiger partial charge < -0.3 is 5.32 Å². The van der Waals surface area contributed by atoms with Gasteiger partial charge in [0.05, 0.1) is 12.2 Å². The van der Waals surface area contributed by atoms with Gasteiger partial charge in [-0.3, -0.25) is 14.5 Å². The van der Waals surface area contributed by atoms with E-state index in [1.807, 2.05) is 42.1 Å². The Morgan fingerprint density at radius 1 is 1.31 bits per heavy atom. The van der Waals surface area contributed by atoms with Gasteiger partial charge in [-0.25, -0.2) is 4.98 Å². The Kier molecular flexibility index (Phi) is 4.59. The second kappa shape index (κ2) is 7.19. The minimum absolute atomic E-state index is 0.187. The van der Waals surface area contributed by atoms with Gasteiger partial charge in [-0.2, -0.15) is 16.4 Å². The second-order valence-electron chi connectivity index (χ2n) is 5.66. The number of hydrogen-bond acceptors (Lipinski definition) is 6. The summed E-state index contributed by atoms with van der Waals surface area (Å²) >= 11 is 3.01. The van der Waals surface area contributed by atoms with E-state index in [0.717, 1.165) is 21.8 Å². The summed E-state index contributed by atoms with van der Waals surface area (Å²) in [6.07, 6.45) is 5.37. The molecule has 4 rings (SSSR count). The molecule has 0 unspecified atom stereocenters. The third-order valence-electron chi connectivity index (χ3n) is 3.72. The third kappa shape index (κ3) is 3.56. The molecule has 4 aromatic heterocycles. The lowest BCUT2D eigenvalue weighted by atomic mass is 10.3. The molecule has 1 N–H and O–H groups in total. The molecule has 0 atom stereocenters. The molecule has 0 aliphatic rings. The van der Waals surface area contributed by atoms with Gasteiger partial charge in [-0.05, 0) is 30.0 Å². The fraction of sp³-hybridized carbons (Fsp3) is 0.111. The summed E-state index contributed by atoms with van der Waals surface area (Å²) in [7, 11) is 0. The van der Waals surface area contributed by atoms with Crippen molar-refractivity contribution in [2.24, 2.45) is 0 Å². The summed E-state index contributed by atoms with van der Waals surface area (Å²) < 4.78 is 1.77. The maximum absolute atomic E-state index is 12.6. The molecule has 26 heavy (non-hydrogen) atoms. The maximum Gasteiger partial charge on any atom is 0.268 e. The summed E-state index contributed by atoms with van der Waals surface area (Å²) in [5.41, 5.74) is 2.82. The number of nitrogens with zero attached hydrogens (tertiary/aromatic N) is 4. The van der Waals surface area contributed by atoms with Crippen LogP contribution in [0.3, 0.4) is 0 Å². The lowest BCUT2D eigenvalue weighted by Crippen LogP contribution is -2.12. The Morgan fingerprint density at radius 3 is 3.00 bits per heavy atom. The predicted molar refractivity (Wildman–Crippen MR) is 104 cm³/mol. The van der Waals surface area contributed by atoms with Gasteiger partial charge in [0, 0.05) is 35.6 Å². The molecule has 4 heterocycles. The van der Waals surface area contributed by atoms with Crippen LogP contribution in [0.15, 0.2) is 53.6 Å². The van der Waals surface area contributed by atoms with Crippen LogP contribution in [-0.4, -0.2) is 25.7 Å². The number of aryl methyl sites for hydroxylation is 1. The highest BCUT2D eigenvalue weighted by atomic mass is 32.1. The minimum Gasteiger partial charge on any atom is -0.304 e. The zero-order valence-corrected chi connectivity index (χ0v) is 15.5. The van der Waals surface area contributed by atoms with Crippen molar-refractivity contribution in [2.75, 3.05) is 5.32 Å². The van der Waals surface area contributed by atoms with Gasteiger partial charge in [-0.1, -0.05) is 6.07 Å². The first-order valence-corrected chi connectivity index (χ1v) is 9.68. The summed E-state index contributed by atoms with van der Waals surface area (Å²) in [6, 6.07) is 7.66. The number of carbonyl (C=O) groups is 1. The summed E-state index contributed by atoms with van der Waals surface area (Å²) in [4.78, 5) is 21.8. The summed E-state index contributed by atoms with van der Waals surface area (Å²) in [5, 5.41) is 12.1. The Labute approximate surface area is 158 Å². The monoisotopic (exact) mass is 381 g/mol. The fourth-order valence-corrected chi connectivity index (χ4v) is 4.16. The highest BCUT2D eigenvalue weighted by Crippen LogP contribution is 2.29. The standard InChI is InChI=1S/C18H15N5OS2/c1-12-16(26-18(20-12)14-5-8-25-11-14)17(24)21-15-4-7-23(22-15)10-13-3-2-6-19-9-13/h2-9,11H,10H2,1H3,(H,21,22,24). The Balaban J connectivity index is 1.47. The molecule has 0 spiro atoms. The number of carbonyl (C=O) groups excluding carboxylic acids is 1. The van der Waals surface area contributed by atoms with Crippen molar-refractivity contribution >= 4 is 34.4 Å². The topological polar surface area (TPSA) is 72.7 Å². The number of thiophene rings is 1. The molecule has 0 saturated carbocycles. The van der Waals surface area contributed by atoms with Gasteiger partial charge >= 0.3 is 0 Å². The molecule has 130 valence electrons. The minimum atomic E-state index is -0.187. The number of amides is 1. The molecule has 0 bridgehead atoms. The largest absolute Gasteiger partial charge is 0.304 e. The SMILES string of the molecule is Cc1nc(-c2ccsc2)sc1C(=O)Nc1ccn(Cc2cccnc2)n1. The quantitative estimate of drug-likeness (QED) is 0.565. The Morgan fingerprint density at radius 2 is 2.23 bits per heavy atom. The number of hydrogen-bond donors (Lipinski definition) is 1. The molecule has 1 amide bonds. The Hall–Kier alpha value is -2.84. The van der Waals surface area contributed by atoms with Crippen molar-refractivity contribution in [1.29, 1.82) is 0 Å². The first kappa shape index (κ1) is 16.6. The van der Waals surface area contributed by atoms with Crippen LogP contribution < -0.4 is 5.32 Å². The van der Waals surface area contributed by atoms with Crippen molar-refractivity contribution in [3.8, 4) is 10.6 Å². The lowest BCUT2D eigenvalue weighted by molar-refractivity contribution is 0.102. The highest BCUT2D eigenvalue weighted by molar-refractivity contribution is 7.17. The predicted octanol–water partition coefficient (Wildman–Crippen LogP) is 4.07. The summed E-state index contributed by atoms with van der Waals surface area (Å²) in [5.74, 6) is 0.330. The van der Waals surface area contributed by atoms with E-state index in [1.165, 1.54) is 11.3 Å². The van der Waals surface area contributed by atoms with Gasteiger partial charge in [0.15, 0.2) is 5.82 Å². The normalized spacial score (nSPS) is 10.8. The van der Waals surface area contributed by atoms with Crippen molar-refractivity contribution < 1.29 is 4.79 Å². The van der Waals surface area contributed by atoms with E-state index >= 15 is 0 Å². The van der Waals surface area contributed by atoms with Crippen LogP contribution in [0, 0.1) is 6.92 Å². The van der Waals surface area contributed by atoms with E-state index in [9.17, 15) is 4.79 Å². The van der Waals surface area contributed by atoms with Gasteiger partial charge in [-0.15, -0.1) is 11.3 Å². The van der Waals surface area contributed by atoms with E-state index in [-0.39, 0.29) is 5.91 Å². The first-order chi connectivity index (χ1) is 12.7. The van der Waals surface area contributed by atoms with Gasteiger partial charge in [0.25, 0.3) is 5.91 Å². The van der Waals surface area contributed by atoms with Crippen LogP contribution in [-0.2, 0) is 6.54 Å². The van der Waals surface area contributed by atoms with E-state index in [4.69, 9.17) is 0 Å². The Bertz CT molecular complexity index is 1020. The molecule has 8 heteroatoms. The van der Waals surface area contributed by atoms with Crippen LogP contribution in [0.2, 0.25) is 0 Å². The van der Waals surface area contributed by atoms with E-state index in [0.29, 0.717) is 17.2 Å². The molecule has 0 aliphatic carbocycles. The number of pyridine rings is 1. The van der Waals surface area contributed by atoms with Crippen LogP contribution in [0.25, 0.3) is 10.6 Å². The van der Waals surface area contributed by atoms with Crippen molar-refractivity contribution in [1.82, 2.24) is 19.7 Å². The molecule has 0 saturated heterocycles. The van der Waals surface area contributed by atoms with Crippen LogP contribution in [0.1, 0.15) is 20.9 Å². The van der Waals surface area contributed by atoms with Crippen molar-refractivity contribution in [3.05, 3.63) is 69.8 Å². The molecule has 6 nitrogen and oxygen atoms in total. The van der Waals surface area contributed by atoms with E-state index in [1.54, 1.807) is 34.5 Å². The van der Waals surface area contributed by atoms with Crippen molar-refractivity contribution in [3.63, 3.8) is 0 Å². The molecular formula is C18H15N5OS2. The van der Waals surface area contributed by atoms with Crippen LogP contribution in [0.4, 0.5) is 5.82 Å². The molecule has 4 aromatic rings. The van der Waals surface area contributed by atoms with E-state index < -0.39 is 0 Å². The molecular weight excluding hydrogens is 366 g/mol. The lowest BCUT2D eigenvalue weighted by Gasteiger charge is -2.02. The molecule has 0 aliphatic heterocycles. The number of nitrogens with one attached hydrogen (secondary N) is 1. The highest BCUT2D eigenvalue weighted by Gasteiger charge is 2.17. The average Bonchev–Trinajstić information content (AvgIpc) is 3.37. The molecule has 0 aromatic carbocycles. The average molecular weight is 381 g/mol. The molecule has 0 fully saturated rings. The summed E-state index contributed by atoms with van der Waals surface area (Å²) in [6.45, 7) is 2.45. The number of rotatable bonds is 5. The van der Waals surface area contributed by atoms with Crippen LogP contribution >= 0.6 is 22.7 Å². The smallest absolute Gasteiger partial charge is 0.268 e.